The number of nitro benzene ring substituents is 1. The van der Waals surface area contributed by atoms with Gasteiger partial charge in [0, 0.05) is 28.6 Å². The van der Waals surface area contributed by atoms with E-state index in [-0.39, 0.29) is 17.0 Å². The Labute approximate surface area is 161 Å². The second-order valence-electron chi connectivity index (χ2n) is 6.07. The fraction of sp³-hybridized carbons (Fsp3) is 0.0476. The number of hydrogen-bond donors (Lipinski definition) is 2. The van der Waals surface area contributed by atoms with Crippen molar-refractivity contribution in [2.24, 2.45) is 0 Å². The van der Waals surface area contributed by atoms with Gasteiger partial charge in [-0.3, -0.25) is 19.7 Å². The normalized spacial score (nSPS) is 10.2. The van der Waals surface area contributed by atoms with E-state index < -0.39 is 10.8 Å². The smallest absolute Gasteiger partial charge is 0.293 e. The molecule has 0 aromatic heterocycles. The topological polar surface area (TPSA) is 101 Å². The number of amides is 1. The van der Waals surface area contributed by atoms with Crippen LogP contribution in [0.25, 0.3) is 0 Å². The molecule has 3 rings (SSSR count). The fourth-order valence-corrected chi connectivity index (χ4v) is 2.60. The molecule has 3 aromatic rings. The maximum Gasteiger partial charge on any atom is 0.293 e. The molecule has 0 fully saturated rings. The number of anilines is 3. The molecule has 0 aliphatic rings. The summed E-state index contributed by atoms with van der Waals surface area (Å²) in [5.74, 6) is -0.556. The standard InChI is InChI=1S/C21H17N3O4/c1-14(25)15-7-10-18(11-8-15)23-21(26)16-9-12-19(20(13-16)24(27)28)22-17-5-3-2-4-6-17/h2-13,22H,1H3,(H,23,26). The number of ketones is 1. The van der Waals surface area contributed by atoms with E-state index in [1.54, 1.807) is 36.4 Å². The fourth-order valence-electron chi connectivity index (χ4n) is 2.60. The van der Waals surface area contributed by atoms with Gasteiger partial charge in [0.25, 0.3) is 11.6 Å². The Morgan fingerprint density at radius 2 is 1.50 bits per heavy atom. The van der Waals surface area contributed by atoms with E-state index in [0.29, 0.717) is 22.6 Å². The quantitative estimate of drug-likeness (QED) is 0.366. The minimum atomic E-state index is -0.538. The number of nitrogens with one attached hydrogen (secondary N) is 2. The first-order chi connectivity index (χ1) is 13.4. The maximum absolute atomic E-state index is 12.5. The van der Waals surface area contributed by atoms with E-state index in [4.69, 9.17) is 0 Å². The zero-order valence-corrected chi connectivity index (χ0v) is 15.0. The van der Waals surface area contributed by atoms with Gasteiger partial charge < -0.3 is 10.6 Å². The lowest BCUT2D eigenvalue weighted by atomic mass is 10.1. The van der Waals surface area contributed by atoms with E-state index >= 15 is 0 Å². The summed E-state index contributed by atoms with van der Waals surface area (Å²) in [7, 11) is 0. The molecule has 0 bridgehead atoms. The average Bonchev–Trinajstić information content (AvgIpc) is 2.69. The maximum atomic E-state index is 12.5. The van der Waals surface area contributed by atoms with Gasteiger partial charge >= 0.3 is 0 Å². The zero-order chi connectivity index (χ0) is 20.1. The molecular formula is C21H17N3O4. The molecule has 0 saturated heterocycles. The monoisotopic (exact) mass is 375 g/mol. The summed E-state index contributed by atoms with van der Waals surface area (Å²) in [4.78, 5) is 34.7. The Hall–Kier alpha value is -4.00. The van der Waals surface area contributed by atoms with Crippen LogP contribution in [0.15, 0.2) is 72.8 Å². The lowest BCUT2D eigenvalue weighted by Gasteiger charge is -2.09. The van der Waals surface area contributed by atoms with Crippen LogP contribution in [-0.4, -0.2) is 16.6 Å². The van der Waals surface area contributed by atoms with Crippen LogP contribution in [0, 0.1) is 10.1 Å². The van der Waals surface area contributed by atoms with Gasteiger partial charge in [0.15, 0.2) is 5.78 Å². The summed E-state index contributed by atoms with van der Waals surface area (Å²) >= 11 is 0. The van der Waals surface area contributed by atoms with Crippen molar-refractivity contribution in [1.82, 2.24) is 0 Å². The minimum absolute atomic E-state index is 0.0741. The van der Waals surface area contributed by atoms with E-state index in [9.17, 15) is 19.7 Å². The van der Waals surface area contributed by atoms with Gasteiger partial charge in [-0.1, -0.05) is 18.2 Å². The highest BCUT2D eigenvalue weighted by Crippen LogP contribution is 2.29. The van der Waals surface area contributed by atoms with Crippen molar-refractivity contribution in [2.75, 3.05) is 10.6 Å². The third-order valence-electron chi connectivity index (χ3n) is 4.06. The number of nitrogens with zero attached hydrogens (tertiary/aromatic N) is 1. The Morgan fingerprint density at radius 3 is 2.11 bits per heavy atom. The number of para-hydroxylation sites is 1. The van der Waals surface area contributed by atoms with Crippen molar-refractivity contribution in [3.8, 4) is 0 Å². The van der Waals surface area contributed by atoms with Gasteiger partial charge in [-0.05, 0) is 55.5 Å². The highest BCUT2D eigenvalue weighted by Gasteiger charge is 2.18. The molecule has 0 atom stereocenters. The lowest BCUT2D eigenvalue weighted by Crippen LogP contribution is -2.12. The molecule has 3 aromatic carbocycles. The van der Waals surface area contributed by atoms with Crippen molar-refractivity contribution in [3.05, 3.63) is 94.0 Å². The zero-order valence-electron chi connectivity index (χ0n) is 15.0. The van der Waals surface area contributed by atoms with Gasteiger partial charge in [0.2, 0.25) is 0 Å². The third-order valence-corrected chi connectivity index (χ3v) is 4.06. The number of nitro groups is 1. The molecule has 1 amide bonds. The van der Waals surface area contributed by atoms with Crippen LogP contribution in [0.3, 0.4) is 0 Å². The van der Waals surface area contributed by atoms with Crippen LogP contribution in [-0.2, 0) is 0 Å². The molecule has 0 unspecified atom stereocenters. The Kier molecular flexibility index (Phi) is 5.45. The second kappa shape index (κ2) is 8.13. The Bertz CT molecular complexity index is 1030. The summed E-state index contributed by atoms with van der Waals surface area (Å²) in [6.45, 7) is 1.46. The summed E-state index contributed by atoms with van der Waals surface area (Å²) in [6, 6.07) is 19.7. The summed E-state index contributed by atoms with van der Waals surface area (Å²) in [5, 5.41) is 17.1. The molecule has 28 heavy (non-hydrogen) atoms. The van der Waals surface area contributed by atoms with Crippen molar-refractivity contribution in [3.63, 3.8) is 0 Å². The Balaban J connectivity index is 1.81. The molecule has 2 N–H and O–H groups in total. The number of hydrogen-bond acceptors (Lipinski definition) is 5. The number of benzene rings is 3. The van der Waals surface area contributed by atoms with E-state index in [2.05, 4.69) is 10.6 Å². The molecule has 0 heterocycles. The van der Waals surface area contributed by atoms with Gasteiger partial charge in [-0.15, -0.1) is 0 Å². The molecular weight excluding hydrogens is 358 g/mol. The predicted octanol–water partition coefficient (Wildman–Crippen LogP) is 4.79. The SMILES string of the molecule is CC(=O)c1ccc(NC(=O)c2ccc(Nc3ccccc3)c([N+](=O)[O-])c2)cc1. The van der Waals surface area contributed by atoms with Crippen molar-refractivity contribution in [1.29, 1.82) is 0 Å². The molecule has 0 radical (unpaired) electrons. The number of Topliss-reactive ketones (excluding diaryl/α,β-unsaturated/α-hetero) is 1. The largest absolute Gasteiger partial charge is 0.350 e. The molecule has 0 saturated carbocycles. The summed E-state index contributed by atoms with van der Waals surface area (Å²) in [6.07, 6.45) is 0. The van der Waals surface area contributed by atoms with E-state index in [0.717, 1.165) is 0 Å². The highest BCUT2D eigenvalue weighted by atomic mass is 16.6. The van der Waals surface area contributed by atoms with Crippen LogP contribution in [0.2, 0.25) is 0 Å². The van der Waals surface area contributed by atoms with E-state index in [1.807, 2.05) is 18.2 Å². The van der Waals surface area contributed by atoms with Gasteiger partial charge in [-0.2, -0.15) is 0 Å². The van der Waals surface area contributed by atoms with Crippen LogP contribution < -0.4 is 10.6 Å². The minimum Gasteiger partial charge on any atom is -0.350 e. The molecule has 7 nitrogen and oxygen atoms in total. The summed E-state index contributed by atoms with van der Waals surface area (Å²) < 4.78 is 0. The van der Waals surface area contributed by atoms with E-state index in [1.165, 1.54) is 25.1 Å². The number of rotatable bonds is 6. The molecule has 140 valence electrons. The van der Waals surface area contributed by atoms with Crippen LogP contribution >= 0.6 is 0 Å². The molecule has 0 aliphatic carbocycles. The van der Waals surface area contributed by atoms with Crippen LogP contribution in [0.5, 0.6) is 0 Å². The average molecular weight is 375 g/mol. The third kappa shape index (κ3) is 4.39. The van der Waals surface area contributed by atoms with Crippen molar-refractivity contribution < 1.29 is 14.5 Å². The first-order valence-electron chi connectivity index (χ1n) is 8.47. The molecule has 0 spiro atoms. The first kappa shape index (κ1) is 18.8. The second-order valence-corrected chi connectivity index (χ2v) is 6.07. The Morgan fingerprint density at radius 1 is 0.857 bits per heavy atom. The van der Waals surface area contributed by atoms with Crippen LogP contribution in [0.4, 0.5) is 22.7 Å². The predicted molar refractivity (Wildman–Crippen MR) is 107 cm³/mol. The molecule has 0 aliphatic heterocycles. The first-order valence-corrected chi connectivity index (χ1v) is 8.47. The molecule has 7 heteroatoms. The highest BCUT2D eigenvalue weighted by molar-refractivity contribution is 6.05. The van der Waals surface area contributed by atoms with Gasteiger partial charge in [0.05, 0.1) is 4.92 Å². The van der Waals surface area contributed by atoms with Crippen molar-refractivity contribution >= 4 is 34.4 Å². The number of carbonyl (C=O) groups excluding carboxylic acids is 2. The van der Waals surface area contributed by atoms with Crippen LogP contribution in [0.1, 0.15) is 27.6 Å². The summed E-state index contributed by atoms with van der Waals surface area (Å²) in [5.41, 5.74) is 1.96. The lowest BCUT2D eigenvalue weighted by molar-refractivity contribution is -0.383. The van der Waals surface area contributed by atoms with Gasteiger partial charge in [0.1, 0.15) is 5.69 Å². The number of carbonyl (C=O) groups is 2. The van der Waals surface area contributed by atoms with Gasteiger partial charge in [-0.25, -0.2) is 0 Å². The van der Waals surface area contributed by atoms with Crippen molar-refractivity contribution in [2.45, 2.75) is 6.92 Å².